The standard InChI is InChI=1S/C20H18Cl2FN3O2/c21-16-6-5-15(11-17(16)22)24-7-9-25(10-8-24)18-12-19(27)26(20(18)28)14-3-1-13(23)2-4-14/h1-6,11,18H,7-10,12H2/p+1/t18-/m0/s1. The van der Waals surface area contributed by atoms with Crippen molar-refractivity contribution in [1.29, 1.82) is 0 Å². The number of hydrogen-bond donors (Lipinski definition) is 1. The second-order valence-corrected chi connectivity index (χ2v) is 7.86. The van der Waals surface area contributed by atoms with Gasteiger partial charge in [-0.15, -0.1) is 0 Å². The molecule has 28 heavy (non-hydrogen) atoms. The summed E-state index contributed by atoms with van der Waals surface area (Å²) >= 11 is 12.1. The van der Waals surface area contributed by atoms with E-state index >= 15 is 0 Å². The normalized spacial score (nSPS) is 20.9. The van der Waals surface area contributed by atoms with Crippen LogP contribution in [0.2, 0.25) is 10.0 Å². The lowest BCUT2D eigenvalue weighted by atomic mass is 10.1. The van der Waals surface area contributed by atoms with Gasteiger partial charge >= 0.3 is 0 Å². The monoisotopic (exact) mass is 422 g/mol. The van der Waals surface area contributed by atoms with Gasteiger partial charge in [0.2, 0.25) is 5.91 Å². The first-order valence-corrected chi connectivity index (χ1v) is 9.86. The highest BCUT2D eigenvalue weighted by atomic mass is 35.5. The van der Waals surface area contributed by atoms with Gasteiger partial charge in [-0.1, -0.05) is 23.2 Å². The van der Waals surface area contributed by atoms with Crippen molar-refractivity contribution in [3.8, 4) is 0 Å². The van der Waals surface area contributed by atoms with Crippen LogP contribution in [0.3, 0.4) is 0 Å². The van der Waals surface area contributed by atoms with Gasteiger partial charge in [-0.25, -0.2) is 9.29 Å². The van der Waals surface area contributed by atoms with Crippen molar-refractivity contribution in [2.24, 2.45) is 0 Å². The van der Waals surface area contributed by atoms with E-state index in [1.165, 1.54) is 29.2 Å². The van der Waals surface area contributed by atoms with Crippen LogP contribution in [-0.4, -0.2) is 44.0 Å². The van der Waals surface area contributed by atoms with E-state index in [1.54, 1.807) is 6.07 Å². The molecular weight excluding hydrogens is 404 g/mol. The lowest BCUT2D eigenvalue weighted by Gasteiger charge is -2.35. The molecule has 0 saturated carbocycles. The van der Waals surface area contributed by atoms with Crippen molar-refractivity contribution < 1.29 is 18.9 Å². The Morgan fingerprint density at radius 1 is 0.929 bits per heavy atom. The van der Waals surface area contributed by atoms with E-state index in [-0.39, 0.29) is 18.2 Å². The summed E-state index contributed by atoms with van der Waals surface area (Å²) in [4.78, 5) is 29.8. The first-order valence-electron chi connectivity index (χ1n) is 9.11. The highest BCUT2D eigenvalue weighted by Gasteiger charge is 2.46. The largest absolute Gasteiger partial charge is 0.360 e. The third-order valence-corrected chi connectivity index (χ3v) is 6.14. The minimum absolute atomic E-state index is 0.179. The number of halogens is 3. The number of rotatable bonds is 3. The maximum absolute atomic E-state index is 13.1. The lowest BCUT2D eigenvalue weighted by molar-refractivity contribution is -0.915. The highest BCUT2D eigenvalue weighted by Crippen LogP contribution is 2.27. The molecule has 0 aromatic heterocycles. The summed E-state index contributed by atoms with van der Waals surface area (Å²) in [6.07, 6.45) is 0.179. The molecule has 2 aromatic carbocycles. The van der Waals surface area contributed by atoms with Gasteiger partial charge in [-0.2, -0.15) is 0 Å². The molecule has 1 N–H and O–H groups in total. The van der Waals surface area contributed by atoms with Gasteiger partial charge in [0.1, 0.15) is 5.82 Å². The molecule has 2 fully saturated rings. The smallest absolute Gasteiger partial charge is 0.292 e. The fourth-order valence-electron chi connectivity index (χ4n) is 3.89. The Bertz CT molecular complexity index is 914. The molecule has 5 nitrogen and oxygen atoms in total. The molecule has 0 radical (unpaired) electrons. The number of benzene rings is 2. The summed E-state index contributed by atoms with van der Waals surface area (Å²) in [5.41, 5.74) is 1.42. The molecule has 0 spiro atoms. The molecular formula is C20H19Cl2FN3O2+. The topological polar surface area (TPSA) is 45.1 Å². The third-order valence-electron chi connectivity index (χ3n) is 5.40. The maximum atomic E-state index is 13.1. The Morgan fingerprint density at radius 2 is 1.57 bits per heavy atom. The molecule has 8 heteroatoms. The summed E-state index contributed by atoms with van der Waals surface area (Å²) in [6.45, 7) is 2.98. The van der Waals surface area contributed by atoms with Gasteiger partial charge in [0.15, 0.2) is 6.04 Å². The second-order valence-electron chi connectivity index (χ2n) is 7.04. The Balaban J connectivity index is 1.43. The summed E-state index contributed by atoms with van der Waals surface area (Å²) in [5.74, 6) is -0.848. The number of hydrogen-bond acceptors (Lipinski definition) is 3. The molecule has 0 aliphatic carbocycles. The molecule has 2 heterocycles. The summed E-state index contributed by atoms with van der Waals surface area (Å²) in [6, 6.07) is 10.6. The summed E-state index contributed by atoms with van der Waals surface area (Å²) in [5, 5.41) is 1.03. The number of imide groups is 1. The Kier molecular flexibility index (Phi) is 5.27. The zero-order chi connectivity index (χ0) is 19.8. The van der Waals surface area contributed by atoms with Gasteiger partial charge < -0.3 is 9.80 Å². The van der Waals surface area contributed by atoms with Crippen LogP contribution in [0.1, 0.15) is 6.42 Å². The van der Waals surface area contributed by atoms with Crippen molar-refractivity contribution in [2.45, 2.75) is 12.5 Å². The van der Waals surface area contributed by atoms with Gasteiger partial charge in [0.25, 0.3) is 5.91 Å². The van der Waals surface area contributed by atoms with Crippen LogP contribution < -0.4 is 14.7 Å². The number of nitrogens with zero attached hydrogens (tertiary/aromatic N) is 2. The van der Waals surface area contributed by atoms with E-state index in [4.69, 9.17) is 23.2 Å². The average molecular weight is 423 g/mol. The molecule has 2 amide bonds. The number of piperazine rings is 1. The molecule has 2 saturated heterocycles. The molecule has 2 aromatic rings. The number of quaternary nitrogens is 1. The van der Waals surface area contributed by atoms with E-state index in [0.717, 1.165) is 36.8 Å². The van der Waals surface area contributed by atoms with Crippen molar-refractivity contribution >= 4 is 46.4 Å². The van der Waals surface area contributed by atoms with Crippen LogP contribution in [0.5, 0.6) is 0 Å². The van der Waals surface area contributed by atoms with Crippen molar-refractivity contribution in [1.82, 2.24) is 0 Å². The van der Waals surface area contributed by atoms with Gasteiger partial charge in [0.05, 0.1) is 48.3 Å². The fraction of sp³-hybridized carbons (Fsp3) is 0.300. The Labute approximate surface area is 172 Å². The van der Waals surface area contributed by atoms with Crippen LogP contribution in [-0.2, 0) is 9.59 Å². The van der Waals surface area contributed by atoms with Crippen molar-refractivity contribution in [3.63, 3.8) is 0 Å². The first kappa shape index (κ1) is 19.2. The second kappa shape index (κ2) is 7.70. The van der Waals surface area contributed by atoms with E-state index in [2.05, 4.69) is 4.90 Å². The average Bonchev–Trinajstić information content (AvgIpc) is 2.99. The third kappa shape index (κ3) is 3.60. The van der Waals surface area contributed by atoms with Crippen molar-refractivity contribution in [3.05, 3.63) is 58.3 Å². The Hall–Kier alpha value is -2.15. The van der Waals surface area contributed by atoms with E-state index in [0.29, 0.717) is 15.7 Å². The molecule has 0 bridgehead atoms. The zero-order valence-corrected chi connectivity index (χ0v) is 16.5. The summed E-state index contributed by atoms with van der Waals surface area (Å²) in [7, 11) is 0. The minimum atomic E-state index is -0.400. The fourth-order valence-corrected chi connectivity index (χ4v) is 4.19. The zero-order valence-electron chi connectivity index (χ0n) is 15.0. The van der Waals surface area contributed by atoms with E-state index in [9.17, 15) is 14.0 Å². The van der Waals surface area contributed by atoms with Gasteiger partial charge in [0, 0.05) is 5.69 Å². The molecule has 1 atom stereocenters. The predicted octanol–water partition coefficient (Wildman–Crippen LogP) is 2.17. The van der Waals surface area contributed by atoms with Crippen LogP contribution in [0.15, 0.2) is 42.5 Å². The maximum Gasteiger partial charge on any atom is 0.292 e. The first-order chi connectivity index (χ1) is 13.4. The van der Waals surface area contributed by atoms with Crippen LogP contribution in [0, 0.1) is 5.82 Å². The number of nitrogens with one attached hydrogen (secondary N) is 1. The molecule has 0 unspecified atom stereocenters. The van der Waals surface area contributed by atoms with E-state index in [1.807, 2.05) is 12.1 Å². The number of carbonyl (C=O) groups excluding carboxylic acids is 2. The van der Waals surface area contributed by atoms with Gasteiger partial charge in [-0.05, 0) is 42.5 Å². The van der Waals surface area contributed by atoms with Crippen LogP contribution in [0.25, 0.3) is 0 Å². The van der Waals surface area contributed by atoms with Crippen molar-refractivity contribution in [2.75, 3.05) is 36.0 Å². The minimum Gasteiger partial charge on any atom is -0.360 e. The van der Waals surface area contributed by atoms with Gasteiger partial charge in [-0.3, -0.25) is 9.59 Å². The molecule has 2 aliphatic heterocycles. The predicted molar refractivity (Wildman–Crippen MR) is 107 cm³/mol. The van der Waals surface area contributed by atoms with E-state index < -0.39 is 11.9 Å². The molecule has 2 aliphatic rings. The lowest BCUT2D eigenvalue weighted by Crippen LogP contribution is -3.19. The number of amides is 2. The molecule has 146 valence electrons. The SMILES string of the molecule is O=C1C[C@H]([NH+]2CCN(c3ccc(Cl)c(Cl)c3)CC2)C(=O)N1c1ccc(F)cc1. The number of anilines is 2. The molecule has 4 rings (SSSR count). The summed E-state index contributed by atoms with van der Waals surface area (Å²) < 4.78 is 13.1. The Morgan fingerprint density at radius 3 is 2.21 bits per heavy atom. The number of carbonyl (C=O) groups is 2. The van der Waals surface area contributed by atoms with Crippen LogP contribution in [0.4, 0.5) is 15.8 Å². The highest BCUT2D eigenvalue weighted by molar-refractivity contribution is 6.42. The van der Waals surface area contributed by atoms with Crippen LogP contribution >= 0.6 is 23.2 Å². The quantitative estimate of drug-likeness (QED) is 0.770.